The second-order valence-electron chi connectivity index (χ2n) is 4.74. The Morgan fingerprint density at radius 1 is 1.33 bits per heavy atom. The highest BCUT2D eigenvalue weighted by molar-refractivity contribution is 7.18. The van der Waals surface area contributed by atoms with Gasteiger partial charge in [0.15, 0.2) is 0 Å². The Morgan fingerprint density at radius 3 is 2.67 bits per heavy atom. The molecule has 4 nitrogen and oxygen atoms in total. The molecular formula is C13H19N3OS. The standard InChI is InChI=1S/C13H19N3OS/c1-5-9-6-10-11(17-8(4)7(2)3)15-13(14)16-12(10)18-9/h6-8H,5H2,1-4H3,(H2,14,15,16). The molecule has 0 saturated carbocycles. The third-order valence-electron chi connectivity index (χ3n) is 3.01. The van der Waals surface area contributed by atoms with Crippen LogP contribution in [0.1, 0.15) is 32.6 Å². The van der Waals surface area contributed by atoms with Gasteiger partial charge in [0.2, 0.25) is 11.8 Å². The van der Waals surface area contributed by atoms with Crippen molar-refractivity contribution < 1.29 is 4.74 Å². The summed E-state index contributed by atoms with van der Waals surface area (Å²) in [6, 6.07) is 2.10. The van der Waals surface area contributed by atoms with Crippen molar-refractivity contribution >= 4 is 27.5 Å². The van der Waals surface area contributed by atoms with E-state index in [1.54, 1.807) is 11.3 Å². The lowest BCUT2D eigenvalue weighted by Gasteiger charge is -2.17. The highest BCUT2D eigenvalue weighted by Crippen LogP contribution is 2.32. The van der Waals surface area contributed by atoms with Crippen molar-refractivity contribution in [2.75, 3.05) is 5.73 Å². The van der Waals surface area contributed by atoms with Gasteiger partial charge < -0.3 is 10.5 Å². The molecule has 0 aromatic carbocycles. The van der Waals surface area contributed by atoms with E-state index in [9.17, 15) is 0 Å². The summed E-state index contributed by atoms with van der Waals surface area (Å²) in [6.07, 6.45) is 1.09. The van der Waals surface area contributed by atoms with Gasteiger partial charge >= 0.3 is 0 Å². The van der Waals surface area contributed by atoms with E-state index in [1.165, 1.54) is 4.88 Å². The Bertz CT molecular complexity index is 550. The van der Waals surface area contributed by atoms with E-state index < -0.39 is 0 Å². The summed E-state index contributed by atoms with van der Waals surface area (Å²) in [6.45, 7) is 8.41. The van der Waals surface area contributed by atoms with Gasteiger partial charge in [0.25, 0.3) is 0 Å². The maximum absolute atomic E-state index is 5.90. The first-order valence-corrected chi connectivity index (χ1v) is 7.05. The number of thiophene rings is 1. The lowest BCUT2D eigenvalue weighted by Crippen LogP contribution is -2.19. The molecule has 0 spiro atoms. The summed E-state index contributed by atoms with van der Waals surface area (Å²) in [5.41, 5.74) is 5.73. The zero-order chi connectivity index (χ0) is 13.3. The smallest absolute Gasteiger partial charge is 0.227 e. The molecule has 0 fully saturated rings. The number of nitrogens with zero attached hydrogens (tertiary/aromatic N) is 2. The summed E-state index contributed by atoms with van der Waals surface area (Å²) < 4.78 is 5.90. The minimum absolute atomic E-state index is 0.104. The predicted octanol–water partition coefficient (Wildman–Crippen LogP) is 3.26. The largest absolute Gasteiger partial charge is 0.474 e. The fourth-order valence-electron chi connectivity index (χ4n) is 1.54. The maximum atomic E-state index is 5.90. The molecule has 2 rings (SSSR count). The Kier molecular flexibility index (Phi) is 3.71. The summed E-state index contributed by atoms with van der Waals surface area (Å²) >= 11 is 1.65. The molecule has 0 aliphatic rings. The lowest BCUT2D eigenvalue weighted by atomic mass is 10.1. The quantitative estimate of drug-likeness (QED) is 0.921. The van der Waals surface area contributed by atoms with Crippen molar-refractivity contribution in [3.63, 3.8) is 0 Å². The molecule has 0 saturated heterocycles. The van der Waals surface area contributed by atoms with E-state index in [1.807, 2.05) is 6.92 Å². The number of hydrogen-bond acceptors (Lipinski definition) is 5. The second-order valence-corrected chi connectivity index (χ2v) is 5.85. The summed E-state index contributed by atoms with van der Waals surface area (Å²) in [5.74, 6) is 1.31. The molecule has 0 aliphatic carbocycles. The van der Waals surface area contributed by atoms with Crippen molar-refractivity contribution in [1.29, 1.82) is 0 Å². The van der Waals surface area contributed by atoms with E-state index >= 15 is 0 Å². The van der Waals surface area contributed by atoms with Crippen molar-refractivity contribution in [3.8, 4) is 5.88 Å². The zero-order valence-electron chi connectivity index (χ0n) is 11.2. The number of nitrogens with two attached hydrogens (primary N) is 1. The molecule has 0 aliphatic heterocycles. The van der Waals surface area contributed by atoms with Gasteiger partial charge in [-0.1, -0.05) is 20.8 Å². The van der Waals surface area contributed by atoms with E-state index in [0.717, 1.165) is 16.6 Å². The van der Waals surface area contributed by atoms with Crippen molar-refractivity contribution in [2.24, 2.45) is 5.92 Å². The number of ether oxygens (including phenoxy) is 1. The number of anilines is 1. The fraction of sp³-hybridized carbons (Fsp3) is 0.538. The first kappa shape index (κ1) is 13.1. The van der Waals surface area contributed by atoms with E-state index in [-0.39, 0.29) is 12.1 Å². The van der Waals surface area contributed by atoms with Gasteiger partial charge in [0.05, 0.1) is 11.5 Å². The van der Waals surface area contributed by atoms with Gasteiger partial charge in [-0.25, -0.2) is 4.98 Å². The average molecular weight is 265 g/mol. The number of nitrogen functional groups attached to an aromatic ring is 1. The number of rotatable bonds is 4. The van der Waals surface area contributed by atoms with Gasteiger partial charge in [0.1, 0.15) is 4.83 Å². The maximum Gasteiger partial charge on any atom is 0.227 e. The molecule has 0 bridgehead atoms. The average Bonchev–Trinajstić information content (AvgIpc) is 2.71. The van der Waals surface area contributed by atoms with Crippen LogP contribution in [0.5, 0.6) is 5.88 Å². The molecule has 18 heavy (non-hydrogen) atoms. The Balaban J connectivity index is 2.44. The molecule has 98 valence electrons. The number of hydrogen-bond donors (Lipinski definition) is 1. The first-order chi connectivity index (χ1) is 8.51. The van der Waals surface area contributed by atoms with Crippen LogP contribution in [-0.2, 0) is 6.42 Å². The third kappa shape index (κ3) is 2.56. The highest BCUT2D eigenvalue weighted by atomic mass is 32.1. The van der Waals surface area contributed by atoms with Crippen LogP contribution in [0, 0.1) is 5.92 Å². The minimum Gasteiger partial charge on any atom is -0.474 e. The summed E-state index contributed by atoms with van der Waals surface area (Å²) in [5, 5.41) is 0.971. The Labute approximate surface area is 111 Å². The molecule has 2 aromatic heterocycles. The molecule has 5 heteroatoms. The normalized spacial score (nSPS) is 13.2. The van der Waals surface area contributed by atoms with Crippen molar-refractivity contribution in [1.82, 2.24) is 9.97 Å². The second kappa shape index (κ2) is 5.10. The van der Waals surface area contributed by atoms with Gasteiger partial charge in [-0.15, -0.1) is 11.3 Å². The minimum atomic E-state index is 0.104. The fourth-order valence-corrected chi connectivity index (χ4v) is 2.50. The molecule has 1 unspecified atom stereocenters. The monoisotopic (exact) mass is 265 g/mol. The van der Waals surface area contributed by atoms with Gasteiger partial charge in [0, 0.05) is 4.88 Å². The van der Waals surface area contributed by atoms with E-state index in [4.69, 9.17) is 10.5 Å². The molecular weight excluding hydrogens is 246 g/mol. The number of fused-ring (bicyclic) bond motifs is 1. The Morgan fingerprint density at radius 2 is 2.06 bits per heavy atom. The predicted molar refractivity (Wildman–Crippen MR) is 76.1 cm³/mol. The topological polar surface area (TPSA) is 61.0 Å². The molecule has 0 radical (unpaired) electrons. The zero-order valence-corrected chi connectivity index (χ0v) is 12.0. The van der Waals surface area contributed by atoms with Crippen LogP contribution < -0.4 is 10.5 Å². The lowest BCUT2D eigenvalue weighted by molar-refractivity contribution is 0.166. The van der Waals surface area contributed by atoms with Gasteiger partial charge in [-0.05, 0) is 25.3 Å². The molecule has 0 amide bonds. The van der Waals surface area contributed by atoms with Gasteiger partial charge in [-0.2, -0.15) is 4.98 Å². The molecule has 2 heterocycles. The highest BCUT2D eigenvalue weighted by Gasteiger charge is 2.15. The van der Waals surface area contributed by atoms with Gasteiger partial charge in [-0.3, -0.25) is 0 Å². The van der Waals surface area contributed by atoms with Crippen molar-refractivity contribution in [3.05, 3.63) is 10.9 Å². The summed E-state index contributed by atoms with van der Waals surface area (Å²) in [4.78, 5) is 10.7. The van der Waals surface area contributed by atoms with E-state index in [0.29, 0.717) is 11.8 Å². The van der Waals surface area contributed by atoms with Crippen LogP contribution in [-0.4, -0.2) is 16.1 Å². The third-order valence-corrected chi connectivity index (χ3v) is 4.18. The number of aromatic nitrogens is 2. The van der Waals surface area contributed by atoms with Crippen LogP contribution in [0.2, 0.25) is 0 Å². The van der Waals surface area contributed by atoms with Crippen LogP contribution in [0.15, 0.2) is 6.07 Å². The molecule has 2 N–H and O–H groups in total. The molecule has 1 atom stereocenters. The first-order valence-electron chi connectivity index (χ1n) is 6.23. The van der Waals surface area contributed by atoms with Crippen LogP contribution >= 0.6 is 11.3 Å². The Hall–Kier alpha value is -1.36. The van der Waals surface area contributed by atoms with Crippen molar-refractivity contribution in [2.45, 2.75) is 40.2 Å². The van der Waals surface area contributed by atoms with Crippen LogP contribution in [0.4, 0.5) is 5.95 Å². The molecule has 2 aromatic rings. The van der Waals surface area contributed by atoms with Crippen LogP contribution in [0.3, 0.4) is 0 Å². The van der Waals surface area contributed by atoms with Crippen LogP contribution in [0.25, 0.3) is 10.2 Å². The number of aryl methyl sites for hydroxylation is 1. The van der Waals surface area contributed by atoms with E-state index in [2.05, 4.69) is 36.8 Å². The SMILES string of the molecule is CCc1cc2c(OC(C)C(C)C)nc(N)nc2s1. The summed E-state index contributed by atoms with van der Waals surface area (Å²) in [7, 11) is 0.